The van der Waals surface area contributed by atoms with Gasteiger partial charge in [-0.15, -0.1) is 0 Å². The van der Waals surface area contributed by atoms with Gasteiger partial charge in [0.15, 0.2) is 0 Å². The van der Waals surface area contributed by atoms with Crippen molar-refractivity contribution in [2.75, 3.05) is 18.0 Å². The quantitative estimate of drug-likeness (QED) is 0.365. The summed E-state index contributed by atoms with van der Waals surface area (Å²) < 4.78 is 38.9. The molecule has 2 aromatic carbocycles. The Hall–Kier alpha value is -2.28. The van der Waals surface area contributed by atoms with Gasteiger partial charge in [0.25, 0.3) is 0 Å². The molecule has 32 heavy (non-hydrogen) atoms. The van der Waals surface area contributed by atoms with Crippen molar-refractivity contribution in [3.8, 4) is 0 Å². The average molecular weight is 463 g/mol. The van der Waals surface area contributed by atoms with Crippen LogP contribution in [0.2, 0.25) is 0 Å². The van der Waals surface area contributed by atoms with Crippen molar-refractivity contribution in [1.82, 2.24) is 4.98 Å². The second-order valence-corrected chi connectivity index (χ2v) is 9.79. The summed E-state index contributed by atoms with van der Waals surface area (Å²) in [5.41, 5.74) is 2.52. The smallest absolute Gasteiger partial charge is 0.371 e. The summed E-state index contributed by atoms with van der Waals surface area (Å²) in [7, 11) is 0. The van der Waals surface area contributed by atoms with Crippen LogP contribution in [-0.4, -0.2) is 18.1 Å². The van der Waals surface area contributed by atoms with E-state index in [1.54, 1.807) is 12.1 Å². The van der Waals surface area contributed by atoms with E-state index in [9.17, 15) is 18.0 Å². The lowest BCUT2D eigenvalue weighted by atomic mass is 9.90. The maximum absolute atomic E-state index is 12.6. The molecular weight excluding hydrogens is 433 g/mol. The number of H-pyrrole nitrogens is 1. The molecule has 4 rings (SSSR count). The van der Waals surface area contributed by atoms with Crippen LogP contribution in [-0.2, 0) is 12.6 Å². The van der Waals surface area contributed by atoms with Gasteiger partial charge in [-0.25, -0.2) is 0 Å². The van der Waals surface area contributed by atoms with Crippen molar-refractivity contribution in [3.05, 3.63) is 63.3 Å². The molecule has 2 heterocycles. The van der Waals surface area contributed by atoms with E-state index in [4.69, 9.17) is 0 Å². The molecule has 1 N–H and O–H groups in total. The van der Waals surface area contributed by atoms with Crippen LogP contribution >= 0.6 is 11.3 Å². The highest BCUT2D eigenvalue weighted by molar-refractivity contribution is 7.16. The summed E-state index contributed by atoms with van der Waals surface area (Å²) in [6, 6.07) is 11.8. The summed E-state index contributed by atoms with van der Waals surface area (Å²) in [4.78, 5) is 16.8. The van der Waals surface area contributed by atoms with E-state index in [0.29, 0.717) is 0 Å². The molecule has 1 fully saturated rings. The maximum atomic E-state index is 12.6. The zero-order valence-corrected chi connectivity index (χ0v) is 18.9. The van der Waals surface area contributed by atoms with Crippen molar-refractivity contribution >= 4 is 27.2 Å². The Morgan fingerprint density at radius 3 is 2.41 bits per heavy atom. The highest BCUT2D eigenvalue weighted by Gasteiger charge is 2.29. The number of fused-ring (bicyclic) bond motifs is 1. The lowest BCUT2D eigenvalue weighted by Crippen LogP contribution is -2.33. The maximum Gasteiger partial charge on any atom is 0.416 e. The Morgan fingerprint density at radius 1 is 0.969 bits per heavy atom. The molecule has 1 aliphatic heterocycles. The molecule has 1 aromatic heterocycles. The number of halogens is 3. The fourth-order valence-corrected chi connectivity index (χ4v) is 5.31. The number of rotatable bonds is 8. The molecule has 172 valence electrons. The Labute approximate surface area is 190 Å². The normalized spacial score (nSPS) is 15.5. The Morgan fingerprint density at radius 2 is 1.69 bits per heavy atom. The summed E-state index contributed by atoms with van der Waals surface area (Å²) in [6.45, 7) is 2.11. The molecule has 0 saturated carbocycles. The first kappa shape index (κ1) is 22.9. The molecule has 0 spiro atoms. The van der Waals surface area contributed by atoms with E-state index in [2.05, 4.69) is 22.0 Å². The highest BCUT2D eigenvalue weighted by atomic mass is 32.1. The van der Waals surface area contributed by atoms with E-state index in [-0.39, 0.29) is 4.87 Å². The Kier molecular flexibility index (Phi) is 7.23. The zero-order chi connectivity index (χ0) is 22.6. The van der Waals surface area contributed by atoms with Crippen LogP contribution in [0, 0.1) is 5.92 Å². The molecular formula is C25H29F3N2OS. The van der Waals surface area contributed by atoms with Crippen molar-refractivity contribution < 1.29 is 13.2 Å². The van der Waals surface area contributed by atoms with E-state index in [1.165, 1.54) is 61.3 Å². The minimum absolute atomic E-state index is 0.00443. The minimum atomic E-state index is -4.26. The minimum Gasteiger partial charge on any atom is -0.371 e. The van der Waals surface area contributed by atoms with Gasteiger partial charge in [0.1, 0.15) is 0 Å². The Bertz CT molecular complexity index is 1060. The summed E-state index contributed by atoms with van der Waals surface area (Å²) in [6.07, 6.45) is 4.79. The molecule has 1 aliphatic rings. The molecule has 7 heteroatoms. The number of nitrogens with zero attached hydrogens (tertiary/aromatic N) is 1. The molecule has 0 radical (unpaired) electrons. The number of benzene rings is 2. The van der Waals surface area contributed by atoms with Crippen LogP contribution in [0.15, 0.2) is 47.3 Å². The van der Waals surface area contributed by atoms with Crippen LogP contribution in [0.1, 0.15) is 56.1 Å². The molecule has 0 amide bonds. The fourth-order valence-electron chi connectivity index (χ4n) is 4.59. The van der Waals surface area contributed by atoms with E-state index in [0.717, 1.165) is 54.0 Å². The van der Waals surface area contributed by atoms with Gasteiger partial charge in [0, 0.05) is 18.8 Å². The predicted octanol–water partition coefficient (Wildman–Crippen LogP) is 7.02. The first-order valence-electron chi connectivity index (χ1n) is 11.4. The van der Waals surface area contributed by atoms with Gasteiger partial charge in [0.05, 0.1) is 15.8 Å². The van der Waals surface area contributed by atoms with Crippen LogP contribution in [0.4, 0.5) is 18.9 Å². The molecule has 0 atom stereocenters. The average Bonchev–Trinajstić information content (AvgIpc) is 3.15. The largest absolute Gasteiger partial charge is 0.416 e. The highest BCUT2D eigenvalue weighted by Crippen LogP contribution is 2.30. The number of aryl methyl sites for hydroxylation is 1. The third-order valence-corrected chi connectivity index (χ3v) is 7.35. The van der Waals surface area contributed by atoms with Crippen molar-refractivity contribution in [1.29, 1.82) is 0 Å². The third kappa shape index (κ3) is 5.94. The number of unbranched alkanes of at least 4 members (excludes halogenated alkanes) is 3. The second kappa shape index (κ2) is 10.1. The first-order chi connectivity index (χ1) is 15.4. The summed E-state index contributed by atoms with van der Waals surface area (Å²) >= 11 is 1.25. The van der Waals surface area contributed by atoms with Gasteiger partial charge >= 0.3 is 11.0 Å². The lowest BCUT2D eigenvalue weighted by Gasteiger charge is -2.33. The standard InChI is InChI=1S/C25H29F3N2OS/c26-25(27,28)20-9-7-18(8-10-20)5-3-1-2-4-6-19-13-15-30(16-14-19)21-11-12-23-22(17-21)29-24(31)32-23/h7-12,17,19H,1-6,13-16H2,(H,29,31). The van der Waals surface area contributed by atoms with Crippen molar-refractivity contribution in [2.24, 2.45) is 5.92 Å². The Balaban J connectivity index is 1.12. The molecule has 3 nitrogen and oxygen atoms in total. The predicted molar refractivity (Wildman–Crippen MR) is 126 cm³/mol. The van der Waals surface area contributed by atoms with Gasteiger partial charge in [0.2, 0.25) is 0 Å². The summed E-state index contributed by atoms with van der Waals surface area (Å²) in [5.74, 6) is 0.769. The number of aromatic nitrogens is 1. The summed E-state index contributed by atoms with van der Waals surface area (Å²) in [5, 5.41) is 0. The van der Waals surface area contributed by atoms with Gasteiger partial charge < -0.3 is 9.88 Å². The van der Waals surface area contributed by atoms with Crippen LogP contribution in [0.3, 0.4) is 0 Å². The second-order valence-electron chi connectivity index (χ2n) is 8.77. The van der Waals surface area contributed by atoms with E-state index in [1.807, 2.05) is 6.07 Å². The van der Waals surface area contributed by atoms with Crippen LogP contribution in [0.25, 0.3) is 10.2 Å². The third-order valence-electron chi connectivity index (χ3n) is 6.49. The SMILES string of the molecule is O=c1[nH]c2cc(N3CCC(CCCCCCc4ccc(C(F)(F)F)cc4)CC3)ccc2s1. The number of hydrogen-bond acceptors (Lipinski definition) is 3. The number of anilines is 1. The van der Waals surface area contributed by atoms with E-state index < -0.39 is 11.7 Å². The van der Waals surface area contributed by atoms with Gasteiger partial charge in [-0.1, -0.05) is 49.2 Å². The monoisotopic (exact) mass is 462 g/mol. The number of piperidine rings is 1. The van der Waals surface area contributed by atoms with Gasteiger partial charge in [-0.05, 0) is 67.5 Å². The van der Waals surface area contributed by atoms with Gasteiger partial charge in [-0.2, -0.15) is 13.2 Å². The molecule has 0 unspecified atom stereocenters. The van der Waals surface area contributed by atoms with Crippen molar-refractivity contribution in [3.63, 3.8) is 0 Å². The zero-order valence-electron chi connectivity index (χ0n) is 18.1. The van der Waals surface area contributed by atoms with Crippen LogP contribution in [0.5, 0.6) is 0 Å². The fraction of sp³-hybridized carbons (Fsp3) is 0.480. The number of nitrogens with one attached hydrogen (secondary N) is 1. The number of alkyl halides is 3. The van der Waals surface area contributed by atoms with Crippen molar-refractivity contribution in [2.45, 2.75) is 57.5 Å². The number of aromatic amines is 1. The topological polar surface area (TPSA) is 36.1 Å². The van der Waals surface area contributed by atoms with E-state index >= 15 is 0 Å². The van der Waals surface area contributed by atoms with Gasteiger partial charge in [-0.3, -0.25) is 4.79 Å². The molecule has 0 aliphatic carbocycles. The lowest BCUT2D eigenvalue weighted by molar-refractivity contribution is -0.137. The number of hydrogen-bond donors (Lipinski definition) is 1. The molecule has 0 bridgehead atoms. The first-order valence-corrected chi connectivity index (χ1v) is 12.2. The molecule has 1 saturated heterocycles. The number of thiazole rings is 1. The molecule has 3 aromatic rings. The van der Waals surface area contributed by atoms with Crippen LogP contribution < -0.4 is 9.77 Å².